The van der Waals surface area contributed by atoms with Crippen LogP contribution in [-0.4, -0.2) is 18.3 Å². The molecule has 0 aliphatic carbocycles. The first-order valence-electron chi connectivity index (χ1n) is 5.71. The van der Waals surface area contributed by atoms with Crippen LogP contribution in [-0.2, 0) is 4.74 Å². The fourth-order valence-corrected chi connectivity index (χ4v) is 1.30. The second-order valence-corrected chi connectivity index (χ2v) is 3.85. The molecule has 84 valence electrons. The van der Waals surface area contributed by atoms with Gasteiger partial charge in [-0.3, -0.25) is 0 Å². The van der Waals surface area contributed by atoms with Crippen molar-refractivity contribution in [3.8, 4) is 0 Å². The highest BCUT2D eigenvalue weighted by atomic mass is 32.1. The second-order valence-electron chi connectivity index (χ2n) is 3.48. The van der Waals surface area contributed by atoms with E-state index >= 15 is 0 Å². The number of unbranched alkanes of at least 4 members (excludes halogenated alkanes) is 4. The fourth-order valence-electron chi connectivity index (χ4n) is 1.11. The minimum Gasteiger partial charge on any atom is -0.471 e. The lowest BCUT2D eigenvalue weighted by Gasteiger charge is -2.08. The van der Waals surface area contributed by atoms with Gasteiger partial charge in [-0.2, -0.15) is 0 Å². The van der Waals surface area contributed by atoms with Crippen molar-refractivity contribution in [3.63, 3.8) is 0 Å². The predicted octanol–water partition coefficient (Wildman–Crippen LogP) is 3.26. The van der Waals surface area contributed by atoms with Gasteiger partial charge in [0.25, 0.3) is 5.17 Å². The Morgan fingerprint density at radius 1 is 1.07 bits per heavy atom. The highest BCUT2D eigenvalue weighted by molar-refractivity contribution is 7.80. The molecule has 2 nitrogen and oxygen atoms in total. The van der Waals surface area contributed by atoms with E-state index in [1.807, 2.05) is 0 Å². The normalized spacial score (nSPS) is 9.86. The maximum atomic E-state index is 5.36. The third-order valence-electron chi connectivity index (χ3n) is 2.03. The first kappa shape index (κ1) is 13.7. The van der Waals surface area contributed by atoms with Crippen molar-refractivity contribution in [2.75, 3.05) is 13.2 Å². The van der Waals surface area contributed by atoms with Crippen LogP contribution in [0.25, 0.3) is 0 Å². The Hall–Kier alpha value is -0.310. The summed E-state index contributed by atoms with van der Waals surface area (Å²) >= 11 is 5.01. The van der Waals surface area contributed by atoms with Gasteiger partial charge in [0.15, 0.2) is 0 Å². The van der Waals surface area contributed by atoms with Crippen molar-refractivity contribution in [1.29, 1.82) is 0 Å². The van der Waals surface area contributed by atoms with Crippen LogP contribution in [0.4, 0.5) is 0 Å². The number of nitrogens with one attached hydrogen (secondary N) is 1. The molecule has 0 aliphatic rings. The Bertz CT molecular complexity index is 139. The van der Waals surface area contributed by atoms with Gasteiger partial charge >= 0.3 is 0 Å². The predicted molar refractivity (Wildman–Crippen MR) is 65.6 cm³/mol. The SMILES string of the molecule is CCCCCCOC(=S)NCCCC. The summed E-state index contributed by atoms with van der Waals surface area (Å²) in [5.41, 5.74) is 0. The zero-order valence-electron chi connectivity index (χ0n) is 9.47. The largest absolute Gasteiger partial charge is 0.471 e. The topological polar surface area (TPSA) is 21.3 Å². The molecule has 0 fully saturated rings. The summed E-state index contributed by atoms with van der Waals surface area (Å²) in [6.07, 6.45) is 7.25. The van der Waals surface area contributed by atoms with Crippen LogP contribution in [0.1, 0.15) is 52.4 Å². The highest BCUT2D eigenvalue weighted by Crippen LogP contribution is 1.98. The first-order valence-corrected chi connectivity index (χ1v) is 6.12. The van der Waals surface area contributed by atoms with Crippen LogP contribution in [0.5, 0.6) is 0 Å². The average Bonchev–Trinajstić information content (AvgIpc) is 2.18. The quantitative estimate of drug-likeness (QED) is 0.498. The van der Waals surface area contributed by atoms with Gasteiger partial charge in [-0.05, 0) is 25.1 Å². The number of thiocarbonyl (C=S) groups is 1. The van der Waals surface area contributed by atoms with Crippen molar-refractivity contribution in [2.45, 2.75) is 52.4 Å². The van der Waals surface area contributed by atoms with Gasteiger partial charge in [0, 0.05) is 6.54 Å². The third-order valence-corrected chi connectivity index (χ3v) is 2.29. The first-order chi connectivity index (χ1) is 6.81. The van der Waals surface area contributed by atoms with E-state index in [1.54, 1.807) is 0 Å². The van der Waals surface area contributed by atoms with E-state index in [2.05, 4.69) is 19.2 Å². The van der Waals surface area contributed by atoms with E-state index in [4.69, 9.17) is 17.0 Å². The number of ether oxygens (including phenoxy) is 1. The van der Waals surface area contributed by atoms with Crippen LogP contribution in [0.3, 0.4) is 0 Å². The van der Waals surface area contributed by atoms with E-state index < -0.39 is 0 Å². The van der Waals surface area contributed by atoms with E-state index in [9.17, 15) is 0 Å². The molecule has 0 bridgehead atoms. The molecule has 3 heteroatoms. The van der Waals surface area contributed by atoms with Crippen LogP contribution in [0.15, 0.2) is 0 Å². The summed E-state index contributed by atoms with van der Waals surface area (Å²) < 4.78 is 5.36. The Morgan fingerprint density at radius 3 is 2.43 bits per heavy atom. The van der Waals surface area contributed by atoms with Gasteiger partial charge < -0.3 is 10.1 Å². The molecule has 0 aromatic carbocycles. The van der Waals surface area contributed by atoms with Crippen LogP contribution < -0.4 is 5.32 Å². The molecule has 0 saturated heterocycles. The minimum absolute atomic E-state index is 0.565. The van der Waals surface area contributed by atoms with Gasteiger partial charge in [0.05, 0.1) is 6.61 Å². The van der Waals surface area contributed by atoms with E-state index in [0.29, 0.717) is 5.17 Å². The average molecular weight is 217 g/mol. The summed E-state index contributed by atoms with van der Waals surface area (Å²) in [6.45, 7) is 6.07. The van der Waals surface area contributed by atoms with Crippen molar-refractivity contribution in [2.24, 2.45) is 0 Å². The van der Waals surface area contributed by atoms with Crippen molar-refractivity contribution in [3.05, 3.63) is 0 Å². The zero-order chi connectivity index (χ0) is 10.6. The molecule has 0 atom stereocenters. The van der Waals surface area contributed by atoms with Gasteiger partial charge in [-0.1, -0.05) is 39.5 Å². The molecular formula is C11H23NOS. The molecule has 14 heavy (non-hydrogen) atoms. The minimum atomic E-state index is 0.565. The monoisotopic (exact) mass is 217 g/mol. The standard InChI is InChI=1S/C11H23NOS/c1-3-5-7-8-10-13-11(14)12-9-6-4-2/h3-10H2,1-2H3,(H,12,14). The maximum absolute atomic E-state index is 5.36. The lowest BCUT2D eigenvalue weighted by atomic mass is 10.2. The van der Waals surface area contributed by atoms with Gasteiger partial charge in [-0.25, -0.2) is 0 Å². The molecule has 0 radical (unpaired) electrons. The molecular weight excluding hydrogens is 194 g/mol. The third kappa shape index (κ3) is 9.78. The number of rotatable bonds is 8. The van der Waals surface area contributed by atoms with Gasteiger partial charge in [0.1, 0.15) is 0 Å². The summed E-state index contributed by atoms with van der Waals surface area (Å²) in [5, 5.41) is 3.65. The molecule has 0 aromatic rings. The lowest BCUT2D eigenvalue weighted by molar-refractivity contribution is 0.287. The Balaban J connectivity index is 3.10. The zero-order valence-corrected chi connectivity index (χ0v) is 10.3. The molecule has 0 spiro atoms. The van der Waals surface area contributed by atoms with E-state index in [-0.39, 0.29) is 0 Å². The molecule has 0 rings (SSSR count). The Morgan fingerprint density at radius 2 is 1.79 bits per heavy atom. The van der Waals surface area contributed by atoms with E-state index in [1.165, 1.54) is 25.7 Å². The molecule has 1 N–H and O–H groups in total. The fraction of sp³-hybridized carbons (Fsp3) is 0.909. The van der Waals surface area contributed by atoms with Crippen LogP contribution in [0.2, 0.25) is 0 Å². The van der Waals surface area contributed by atoms with E-state index in [0.717, 1.165) is 26.0 Å². The molecule has 0 saturated carbocycles. The lowest BCUT2D eigenvalue weighted by Crippen LogP contribution is -2.25. The van der Waals surface area contributed by atoms with Crippen LogP contribution in [0, 0.1) is 0 Å². The number of hydrogen-bond donors (Lipinski definition) is 1. The molecule has 0 amide bonds. The number of hydrogen-bond acceptors (Lipinski definition) is 2. The van der Waals surface area contributed by atoms with Crippen LogP contribution >= 0.6 is 12.2 Å². The maximum Gasteiger partial charge on any atom is 0.256 e. The smallest absolute Gasteiger partial charge is 0.256 e. The second kappa shape index (κ2) is 10.8. The summed E-state index contributed by atoms with van der Waals surface area (Å²) in [6, 6.07) is 0. The summed E-state index contributed by atoms with van der Waals surface area (Å²) in [4.78, 5) is 0. The summed E-state index contributed by atoms with van der Waals surface area (Å²) in [5.74, 6) is 0. The van der Waals surface area contributed by atoms with Crippen molar-refractivity contribution in [1.82, 2.24) is 5.32 Å². The molecule has 0 aliphatic heterocycles. The van der Waals surface area contributed by atoms with Gasteiger partial charge in [-0.15, -0.1) is 0 Å². The Kier molecular flexibility index (Phi) is 10.5. The van der Waals surface area contributed by atoms with Crippen molar-refractivity contribution >= 4 is 17.4 Å². The molecule has 0 unspecified atom stereocenters. The molecule has 0 aromatic heterocycles. The van der Waals surface area contributed by atoms with Gasteiger partial charge in [0.2, 0.25) is 0 Å². The molecule has 0 heterocycles. The Labute approximate surface area is 93.4 Å². The highest BCUT2D eigenvalue weighted by Gasteiger charge is 1.95. The summed E-state index contributed by atoms with van der Waals surface area (Å²) in [7, 11) is 0. The van der Waals surface area contributed by atoms with Crippen molar-refractivity contribution < 1.29 is 4.74 Å².